The summed E-state index contributed by atoms with van der Waals surface area (Å²) in [7, 11) is 0. The molecule has 0 aliphatic carbocycles. The molecule has 2 N–H and O–H groups in total. The van der Waals surface area contributed by atoms with E-state index in [1.165, 1.54) is 0 Å². The largest absolute Gasteiger partial charge is 0.508 e. The number of hydrogen-bond donors (Lipinski definition) is 2. The smallest absolute Gasteiger partial charge is 0.177 e. The van der Waals surface area contributed by atoms with Crippen LogP contribution >= 0.6 is 0 Å². The molecule has 4 nitrogen and oxygen atoms in total. The van der Waals surface area contributed by atoms with Crippen LogP contribution in [-0.4, -0.2) is 23.4 Å². The third kappa shape index (κ3) is 3.54. The highest BCUT2D eigenvalue weighted by Crippen LogP contribution is 2.40. The molecule has 1 atom stereocenters. The van der Waals surface area contributed by atoms with Crippen molar-refractivity contribution in [3.8, 4) is 11.5 Å². The van der Waals surface area contributed by atoms with E-state index in [0.29, 0.717) is 5.75 Å². The highest BCUT2D eigenvalue weighted by molar-refractivity contribution is 5.46. The van der Waals surface area contributed by atoms with Gasteiger partial charge >= 0.3 is 0 Å². The van der Waals surface area contributed by atoms with Gasteiger partial charge in [-0.2, -0.15) is 0 Å². The number of allylic oxidation sites excluding steroid dienone is 3. The summed E-state index contributed by atoms with van der Waals surface area (Å²) in [5, 5.41) is 18.5. The maximum Gasteiger partial charge on any atom is 0.177 e. The second-order valence-corrected chi connectivity index (χ2v) is 5.83. The molecular formula is C21H22O4. The fourth-order valence-corrected chi connectivity index (χ4v) is 2.90. The molecule has 2 aromatic carbocycles. The number of benzene rings is 2. The van der Waals surface area contributed by atoms with Gasteiger partial charge in [-0.25, -0.2) is 0 Å². The van der Waals surface area contributed by atoms with Gasteiger partial charge in [0, 0.05) is 17.5 Å². The van der Waals surface area contributed by atoms with Crippen LogP contribution in [0.5, 0.6) is 11.5 Å². The van der Waals surface area contributed by atoms with Gasteiger partial charge in [0.2, 0.25) is 0 Å². The predicted molar refractivity (Wildman–Crippen MR) is 96.5 cm³/mol. The van der Waals surface area contributed by atoms with Crippen molar-refractivity contribution in [2.45, 2.75) is 18.9 Å². The molecule has 0 aromatic heterocycles. The number of hydrogen-bond acceptors (Lipinski definition) is 4. The molecule has 1 heterocycles. The molecule has 25 heavy (non-hydrogen) atoms. The Morgan fingerprint density at radius 2 is 1.64 bits per heavy atom. The first-order valence-corrected chi connectivity index (χ1v) is 8.39. The molecule has 0 saturated carbocycles. The Morgan fingerprint density at radius 3 is 2.24 bits per heavy atom. The minimum atomic E-state index is -0.747. The van der Waals surface area contributed by atoms with Crippen LogP contribution in [0.1, 0.15) is 24.5 Å². The first-order valence-electron chi connectivity index (χ1n) is 8.39. The van der Waals surface area contributed by atoms with Crippen LogP contribution in [0.15, 0.2) is 72.5 Å². The Labute approximate surface area is 147 Å². The van der Waals surface area contributed by atoms with Crippen LogP contribution in [0, 0.1) is 0 Å². The first-order chi connectivity index (χ1) is 12.2. The second kappa shape index (κ2) is 7.45. The average Bonchev–Trinajstić information content (AvgIpc) is 2.67. The zero-order valence-corrected chi connectivity index (χ0v) is 14.2. The van der Waals surface area contributed by atoms with Gasteiger partial charge in [-0.1, -0.05) is 37.3 Å². The van der Waals surface area contributed by atoms with E-state index in [2.05, 4.69) is 6.92 Å². The van der Waals surface area contributed by atoms with Crippen molar-refractivity contribution < 1.29 is 19.7 Å². The molecule has 3 rings (SSSR count). The van der Waals surface area contributed by atoms with Gasteiger partial charge in [0.1, 0.15) is 18.1 Å². The minimum Gasteiger partial charge on any atom is -0.508 e. The Morgan fingerprint density at radius 1 is 1.00 bits per heavy atom. The van der Waals surface area contributed by atoms with Crippen molar-refractivity contribution in [3.05, 3.63) is 83.6 Å². The molecule has 0 bridgehead atoms. The Kier molecular flexibility index (Phi) is 5.10. The maximum atomic E-state index is 9.62. The first kappa shape index (κ1) is 17.1. The molecule has 4 heteroatoms. The molecule has 1 aliphatic rings. The third-order valence-electron chi connectivity index (χ3n) is 4.19. The van der Waals surface area contributed by atoms with Gasteiger partial charge in [0.25, 0.3) is 0 Å². The highest BCUT2D eigenvalue weighted by Gasteiger charge is 2.36. The molecule has 2 aromatic rings. The van der Waals surface area contributed by atoms with E-state index < -0.39 is 5.60 Å². The van der Waals surface area contributed by atoms with Crippen molar-refractivity contribution in [2.75, 3.05) is 13.2 Å². The zero-order chi connectivity index (χ0) is 17.7. The van der Waals surface area contributed by atoms with E-state index >= 15 is 0 Å². The zero-order valence-electron chi connectivity index (χ0n) is 14.2. The summed E-state index contributed by atoms with van der Waals surface area (Å²) >= 11 is 0. The summed E-state index contributed by atoms with van der Waals surface area (Å²) in [6.45, 7) is 2.30. The van der Waals surface area contributed by atoms with Gasteiger partial charge in [-0.3, -0.25) is 0 Å². The third-order valence-corrected chi connectivity index (χ3v) is 4.19. The maximum absolute atomic E-state index is 9.62. The molecule has 0 spiro atoms. The Balaban J connectivity index is 2.01. The molecule has 0 saturated heterocycles. The van der Waals surface area contributed by atoms with Gasteiger partial charge in [-0.05, 0) is 36.4 Å². The standard InChI is InChI=1S/C21H22O4/c1-2-19-4-3-13-21(25-19,16-5-9-18(23)10-6-16)17-7-11-20(12-8-17)24-15-14-22/h3-13,22-23H,2,14-15H2,1H3. The normalized spacial score (nSPS) is 19.2. The number of phenols is 1. The van der Waals surface area contributed by atoms with E-state index in [4.69, 9.17) is 14.6 Å². The Bertz CT molecular complexity index is 759. The molecular weight excluding hydrogens is 316 g/mol. The van der Waals surface area contributed by atoms with Gasteiger partial charge < -0.3 is 19.7 Å². The Hall–Kier alpha value is -2.72. The summed E-state index contributed by atoms with van der Waals surface area (Å²) in [4.78, 5) is 0. The lowest BCUT2D eigenvalue weighted by molar-refractivity contribution is 0.0701. The molecule has 0 radical (unpaired) electrons. The summed E-state index contributed by atoms with van der Waals surface area (Å²) in [5.41, 5.74) is 1.15. The number of ether oxygens (including phenoxy) is 2. The highest BCUT2D eigenvalue weighted by atomic mass is 16.5. The fourth-order valence-electron chi connectivity index (χ4n) is 2.90. The summed E-state index contributed by atoms with van der Waals surface area (Å²) in [6.07, 6.45) is 6.78. The SMILES string of the molecule is CCC1=CC=CC(c2ccc(O)cc2)(c2ccc(OCCO)cc2)O1. The van der Waals surface area contributed by atoms with Gasteiger partial charge in [-0.15, -0.1) is 0 Å². The lowest BCUT2D eigenvalue weighted by Gasteiger charge is -2.35. The van der Waals surface area contributed by atoms with E-state index in [9.17, 15) is 5.11 Å². The predicted octanol–water partition coefficient (Wildman–Crippen LogP) is 3.89. The monoisotopic (exact) mass is 338 g/mol. The number of phenolic OH excluding ortho intramolecular Hbond substituents is 1. The van der Waals surface area contributed by atoms with Crippen LogP contribution in [0.3, 0.4) is 0 Å². The fraction of sp³-hybridized carbons (Fsp3) is 0.238. The van der Waals surface area contributed by atoms with Crippen LogP contribution in [0.2, 0.25) is 0 Å². The minimum absolute atomic E-state index is 0.0182. The summed E-state index contributed by atoms with van der Waals surface area (Å²) in [5.74, 6) is 1.82. The molecule has 1 unspecified atom stereocenters. The summed E-state index contributed by atoms with van der Waals surface area (Å²) in [6, 6.07) is 14.7. The molecule has 1 aliphatic heterocycles. The van der Waals surface area contributed by atoms with Crippen LogP contribution in [0.4, 0.5) is 0 Å². The molecule has 0 fully saturated rings. The number of aliphatic hydroxyl groups excluding tert-OH is 1. The molecule has 130 valence electrons. The van der Waals surface area contributed by atoms with Crippen LogP contribution < -0.4 is 4.74 Å². The topological polar surface area (TPSA) is 58.9 Å². The lowest BCUT2D eigenvalue weighted by Crippen LogP contribution is -2.30. The summed E-state index contributed by atoms with van der Waals surface area (Å²) < 4.78 is 11.8. The average molecular weight is 338 g/mol. The van der Waals surface area contributed by atoms with Crippen molar-refractivity contribution >= 4 is 0 Å². The quantitative estimate of drug-likeness (QED) is 0.839. The van der Waals surface area contributed by atoms with Crippen molar-refractivity contribution in [1.29, 1.82) is 0 Å². The van der Waals surface area contributed by atoms with E-state index in [-0.39, 0.29) is 19.0 Å². The van der Waals surface area contributed by atoms with E-state index in [1.807, 2.05) is 54.6 Å². The van der Waals surface area contributed by atoms with Crippen molar-refractivity contribution in [2.24, 2.45) is 0 Å². The molecule has 0 amide bonds. The number of aliphatic hydroxyl groups is 1. The van der Waals surface area contributed by atoms with Gasteiger partial charge in [0.05, 0.1) is 12.4 Å². The van der Waals surface area contributed by atoms with E-state index in [1.54, 1.807) is 12.1 Å². The van der Waals surface area contributed by atoms with Crippen LogP contribution in [-0.2, 0) is 10.3 Å². The lowest BCUT2D eigenvalue weighted by atomic mass is 9.84. The van der Waals surface area contributed by atoms with Gasteiger partial charge in [0.15, 0.2) is 5.60 Å². The van der Waals surface area contributed by atoms with Crippen molar-refractivity contribution in [3.63, 3.8) is 0 Å². The van der Waals surface area contributed by atoms with E-state index in [0.717, 1.165) is 23.3 Å². The second-order valence-electron chi connectivity index (χ2n) is 5.83. The number of aromatic hydroxyl groups is 1. The number of rotatable bonds is 6. The van der Waals surface area contributed by atoms with Crippen molar-refractivity contribution in [1.82, 2.24) is 0 Å². The van der Waals surface area contributed by atoms with Crippen LogP contribution in [0.25, 0.3) is 0 Å².